The molecule has 3 fully saturated rings. The summed E-state index contributed by atoms with van der Waals surface area (Å²) in [4.78, 5) is 14.9. The lowest BCUT2D eigenvalue weighted by Crippen LogP contribution is -2.49. The minimum atomic E-state index is 0.451. The Morgan fingerprint density at radius 3 is 2.75 bits per heavy atom. The topological polar surface area (TPSA) is 32.3 Å². The molecule has 2 heterocycles. The molecule has 3 heteroatoms. The lowest BCUT2D eigenvalue weighted by atomic mass is 9.78. The summed E-state index contributed by atoms with van der Waals surface area (Å²) in [5.41, 5.74) is 0. The van der Waals surface area contributed by atoms with E-state index in [4.69, 9.17) is 0 Å². The van der Waals surface area contributed by atoms with Gasteiger partial charge in [0.25, 0.3) is 0 Å². The molecule has 3 aliphatic rings. The Kier molecular flexibility index (Phi) is 4.98. The first kappa shape index (κ1) is 14.4. The Bertz CT molecular complexity index is 323. The van der Waals surface area contributed by atoms with Crippen molar-refractivity contribution in [1.82, 2.24) is 10.2 Å². The molecule has 3 atom stereocenters. The maximum atomic E-state index is 12.6. The smallest absolute Gasteiger partial charge is 0.222 e. The van der Waals surface area contributed by atoms with Crippen LogP contribution in [0.4, 0.5) is 0 Å². The van der Waals surface area contributed by atoms with Crippen LogP contribution in [0.15, 0.2) is 0 Å². The zero-order valence-electron chi connectivity index (χ0n) is 12.8. The third kappa shape index (κ3) is 3.36. The quantitative estimate of drug-likeness (QED) is 0.861. The molecule has 2 aliphatic heterocycles. The number of hydrogen-bond acceptors (Lipinski definition) is 2. The molecule has 2 saturated heterocycles. The molecule has 1 aliphatic carbocycles. The fourth-order valence-electron chi connectivity index (χ4n) is 4.58. The molecule has 0 bridgehead atoms. The van der Waals surface area contributed by atoms with Crippen molar-refractivity contribution in [2.75, 3.05) is 19.6 Å². The first-order valence-electron chi connectivity index (χ1n) is 8.85. The zero-order chi connectivity index (χ0) is 13.8. The van der Waals surface area contributed by atoms with Crippen LogP contribution in [0, 0.1) is 11.8 Å². The van der Waals surface area contributed by atoms with E-state index in [0.29, 0.717) is 11.9 Å². The fraction of sp³-hybridized carbons (Fsp3) is 0.941. The first-order chi connectivity index (χ1) is 9.84. The van der Waals surface area contributed by atoms with Crippen LogP contribution in [0.25, 0.3) is 0 Å². The summed E-state index contributed by atoms with van der Waals surface area (Å²) in [5.74, 6) is 2.00. The lowest BCUT2D eigenvalue weighted by Gasteiger charge is -2.44. The molecule has 0 aromatic heterocycles. The second-order valence-corrected chi connectivity index (χ2v) is 7.09. The van der Waals surface area contributed by atoms with Crippen molar-refractivity contribution in [3.8, 4) is 0 Å². The first-order valence-corrected chi connectivity index (χ1v) is 8.85. The molecule has 3 unspecified atom stereocenters. The molecule has 3 rings (SSSR count). The summed E-state index contributed by atoms with van der Waals surface area (Å²) in [5, 5.41) is 3.46. The van der Waals surface area contributed by atoms with Crippen LogP contribution in [-0.4, -0.2) is 36.5 Å². The number of fused-ring (bicyclic) bond motifs is 1. The number of amides is 1. The summed E-state index contributed by atoms with van der Waals surface area (Å²) in [6, 6.07) is 0.592. The molecule has 20 heavy (non-hydrogen) atoms. The molecule has 3 nitrogen and oxygen atoms in total. The maximum absolute atomic E-state index is 12.6. The number of carbonyl (C=O) groups is 1. The van der Waals surface area contributed by atoms with Crippen molar-refractivity contribution in [3.63, 3.8) is 0 Å². The lowest BCUT2D eigenvalue weighted by molar-refractivity contribution is -0.137. The van der Waals surface area contributed by atoms with Crippen LogP contribution in [0.5, 0.6) is 0 Å². The monoisotopic (exact) mass is 278 g/mol. The number of carbonyl (C=O) groups excluding carboxylic acids is 1. The largest absolute Gasteiger partial charge is 0.339 e. The van der Waals surface area contributed by atoms with Gasteiger partial charge in [0.15, 0.2) is 0 Å². The average Bonchev–Trinajstić information content (AvgIpc) is 2.53. The van der Waals surface area contributed by atoms with Gasteiger partial charge in [-0.25, -0.2) is 0 Å². The Morgan fingerprint density at radius 1 is 1.05 bits per heavy atom. The molecular formula is C17H30N2O. The van der Waals surface area contributed by atoms with Gasteiger partial charge in [-0.1, -0.05) is 12.8 Å². The second-order valence-electron chi connectivity index (χ2n) is 7.09. The maximum Gasteiger partial charge on any atom is 0.222 e. The zero-order valence-corrected chi connectivity index (χ0v) is 12.8. The van der Waals surface area contributed by atoms with Gasteiger partial charge in [-0.05, 0) is 69.9 Å². The van der Waals surface area contributed by atoms with Crippen LogP contribution in [0.2, 0.25) is 0 Å². The van der Waals surface area contributed by atoms with E-state index in [1.165, 1.54) is 57.9 Å². The summed E-state index contributed by atoms with van der Waals surface area (Å²) < 4.78 is 0. The fourth-order valence-corrected chi connectivity index (χ4v) is 4.58. The van der Waals surface area contributed by atoms with Crippen molar-refractivity contribution in [1.29, 1.82) is 0 Å². The van der Waals surface area contributed by atoms with E-state index in [0.717, 1.165) is 37.8 Å². The summed E-state index contributed by atoms with van der Waals surface area (Å²) >= 11 is 0. The van der Waals surface area contributed by atoms with Crippen molar-refractivity contribution in [3.05, 3.63) is 0 Å². The van der Waals surface area contributed by atoms with Gasteiger partial charge in [-0.3, -0.25) is 4.79 Å². The highest BCUT2D eigenvalue weighted by atomic mass is 16.2. The molecule has 0 aromatic rings. The highest BCUT2D eigenvalue weighted by molar-refractivity contribution is 5.76. The molecule has 1 saturated carbocycles. The van der Waals surface area contributed by atoms with Crippen molar-refractivity contribution < 1.29 is 4.79 Å². The number of nitrogens with zero attached hydrogens (tertiary/aromatic N) is 1. The molecule has 0 spiro atoms. The minimum absolute atomic E-state index is 0.451. The molecule has 1 amide bonds. The van der Waals surface area contributed by atoms with E-state index in [2.05, 4.69) is 10.2 Å². The highest BCUT2D eigenvalue weighted by Crippen LogP contribution is 2.35. The molecule has 114 valence electrons. The number of likely N-dealkylation sites (tertiary alicyclic amines) is 1. The predicted octanol–water partition coefficient (Wildman–Crippen LogP) is 2.95. The van der Waals surface area contributed by atoms with Crippen LogP contribution in [0.3, 0.4) is 0 Å². The molecule has 1 N–H and O–H groups in total. The van der Waals surface area contributed by atoms with E-state index >= 15 is 0 Å². The number of hydrogen-bond donors (Lipinski definition) is 1. The van der Waals surface area contributed by atoms with Gasteiger partial charge in [0.05, 0.1) is 0 Å². The van der Waals surface area contributed by atoms with Gasteiger partial charge < -0.3 is 10.2 Å². The van der Waals surface area contributed by atoms with Gasteiger partial charge in [-0.15, -0.1) is 0 Å². The SMILES string of the molecule is O=C(CCC1CCCNC1)N1CCCC2CCCCC21. The van der Waals surface area contributed by atoms with E-state index in [1.807, 2.05) is 0 Å². The number of rotatable bonds is 3. The van der Waals surface area contributed by atoms with Crippen LogP contribution in [-0.2, 0) is 4.79 Å². The van der Waals surface area contributed by atoms with Gasteiger partial charge in [0.1, 0.15) is 0 Å². The normalized spacial score (nSPS) is 34.6. The Morgan fingerprint density at radius 2 is 1.90 bits per heavy atom. The van der Waals surface area contributed by atoms with Crippen molar-refractivity contribution >= 4 is 5.91 Å². The molecule has 0 radical (unpaired) electrons. The Balaban J connectivity index is 1.50. The Hall–Kier alpha value is -0.570. The van der Waals surface area contributed by atoms with Crippen LogP contribution < -0.4 is 5.32 Å². The average molecular weight is 278 g/mol. The van der Waals surface area contributed by atoms with E-state index in [-0.39, 0.29) is 0 Å². The summed E-state index contributed by atoms with van der Waals surface area (Å²) in [6.45, 7) is 3.32. The van der Waals surface area contributed by atoms with Crippen LogP contribution >= 0.6 is 0 Å². The third-order valence-electron chi connectivity index (χ3n) is 5.73. The summed E-state index contributed by atoms with van der Waals surface area (Å²) in [7, 11) is 0. The van der Waals surface area contributed by atoms with E-state index in [1.54, 1.807) is 0 Å². The molecule has 0 aromatic carbocycles. The van der Waals surface area contributed by atoms with E-state index < -0.39 is 0 Å². The standard InChI is InChI=1S/C17H30N2O/c20-17(10-9-14-5-3-11-18-13-14)19-12-4-7-15-6-1-2-8-16(15)19/h14-16,18H,1-13H2. The van der Waals surface area contributed by atoms with Gasteiger partial charge in [0, 0.05) is 19.0 Å². The van der Waals surface area contributed by atoms with Crippen molar-refractivity contribution in [2.24, 2.45) is 11.8 Å². The van der Waals surface area contributed by atoms with Crippen LogP contribution in [0.1, 0.15) is 64.2 Å². The molecular weight excluding hydrogens is 248 g/mol. The van der Waals surface area contributed by atoms with E-state index in [9.17, 15) is 4.79 Å². The minimum Gasteiger partial charge on any atom is -0.339 e. The predicted molar refractivity (Wildman–Crippen MR) is 81.5 cm³/mol. The summed E-state index contributed by atoms with van der Waals surface area (Å²) in [6.07, 6.45) is 12.4. The van der Waals surface area contributed by atoms with Gasteiger partial charge in [0.2, 0.25) is 5.91 Å². The van der Waals surface area contributed by atoms with Gasteiger partial charge >= 0.3 is 0 Å². The van der Waals surface area contributed by atoms with Gasteiger partial charge in [-0.2, -0.15) is 0 Å². The van der Waals surface area contributed by atoms with Crippen molar-refractivity contribution in [2.45, 2.75) is 70.3 Å². The third-order valence-corrected chi connectivity index (χ3v) is 5.73. The second kappa shape index (κ2) is 6.93. The number of piperidine rings is 2. The number of nitrogens with one attached hydrogen (secondary N) is 1. The highest BCUT2D eigenvalue weighted by Gasteiger charge is 2.35. The Labute approximate surface area is 123 Å².